The van der Waals surface area contributed by atoms with Crippen molar-refractivity contribution in [3.63, 3.8) is 0 Å². The molecule has 0 heterocycles. The van der Waals surface area contributed by atoms with Crippen molar-refractivity contribution in [1.82, 2.24) is 10.6 Å². The number of aliphatic carboxylic acids is 3. The predicted molar refractivity (Wildman–Crippen MR) is 83.4 cm³/mol. The summed E-state index contributed by atoms with van der Waals surface area (Å²) in [5, 5.41) is 30.7. The molecule has 0 rings (SSSR count). The predicted octanol–water partition coefficient (Wildman–Crippen LogP) is -1.64. The largest absolute Gasteiger partial charge is 0.481 e. The maximum atomic E-state index is 12.2. The lowest BCUT2D eigenvalue weighted by molar-refractivity contribution is -0.144. The molecule has 0 bridgehead atoms. The maximum absolute atomic E-state index is 12.2. The molecule has 0 spiro atoms. The molecule has 11 heteroatoms. The first-order chi connectivity index (χ1) is 11.5. The van der Waals surface area contributed by atoms with E-state index in [1.807, 2.05) is 0 Å². The van der Waals surface area contributed by atoms with Gasteiger partial charge in [0.05, 0.1) is 12.5 Å². The van der Waals surface area contributed by atoms with Gasteiger partial charge in [0.2, 0.25) is 11.8 Å². The number of nitrogens with one attached hydrogen (secondary N) is 2. The molecule has 2 amide bonds. The number of nitrogens with two attached hydrogens (primary N) is 1. The number of hydrogen-bond donors (Lipinski definition) is 6. The fourth-order valence-corrected chi connectivity index (χ4v) is 1.86. The Hall–Kier alpha value is -2.69. The van der Waals surface area contributed by atoms with Crippen LogP contribution in [0.5, 0.6) is 0 Å². The van der Waals surface area contributed by atoms with E-state index in [0.717, 1.165) is 0 Å². The van der Waals surface area contributed by atoms with Gasteiger partial charge >= 0.3 is 17.9 Å². The van der Waals surface area contributed by atoms with E-state index in [1.54, 1.807) is 13.8 Å². The van der Waals surface area contributed by atoms with Gasteiger partial charge in [0.1, 0.15) is 12.1 Å². The highest BCUT2D eigenvalue weighted by Gasteiger charge is 2.30. The van der Waals surface area contributed by atoms with Crippen molar-refractivity contribution < 1.29 is 39.3 Å². The van der Waals surface area contributed by atoms with Crippen molar-refractivity contribution >= 4 is 29.7 Å². The Labute approximate surface area is 143 Å². The third kappa shape index (κ3) is 8.65. The summed E-state index contributed by atoms with van der Waals surface area (Å²) < 4.78 is 0. The minimum Gasteiger partial charge on any atom is -0.481 e. The molecule has 0 saturated carbocycles. The summed E-state index contributed by atoms with van der Waals surface area (Å²) in [5.74, 6) is -6.06. The molecule has 0 saturated heterocycles. The zero-order valence-electron chi connectivity index (χ0n) is 13.9. The van der Waals surface area contributed by atoms with Crippen LogP contribution in [0, 0.1) is 5.92 Å². The van der Waals surface area contributed by atoms with Crippen LogP contribution in [0.2, 0.25) is 0 Å². The van der Waals surface area contributed by atoms with Crippen LogP contribution >= 0.6 is 0 Å². The van der Waals surface area contributed by atoms with Gasteiger partial charge in [-0.05, 0) is 12.3 Å². The molecule has 11 nitrogen and oxygen atoms in total. The summed E-state index contributed by atoms with van der Waals surface area (Å²) in [6, 6.07) is -3.96. The van der Waals surface area contributed by atoms with Crippen LogP contribution in [0.15, 0.2) is 0 Å². The first-order valence-corrected chi connectivity index (χ1v) is 7.48. The molecule has 0 aliphatic carbocycles. The van der Waals surface area contributed by atoms with Gasteiger partial charge in [-0.3, -0.25) is 19.2 Å². The number of rotatable bonds is 11. The first kappa shape index (κ1) is 22.3. The molecule has 142 valence electrons. The molecule has 0 aromatic heterocycles. The van der Waals surface area contributed by atoms with Crippen molar-refractivity contribution in [2.45, 2.75) is 51.2 Å². The van der Waals surface area contributed by atoms with Crippen LogP contribution in [0.3, 0.4) is 0 Å². The summed E-state index contributed by atoms with van der Waals surface area (Å²) in [4.78, 5) is 56.3. The minimum absolute atomic E-state index is 0.326. The quantitative estimate of drug-likeness (QED) is 0.250. The zero-order valence-corrected chi connectivity index (χ0v) is 13.9. The van der Waals surface area contributed by atoms with Gasteiger partial charge in [-0.2, -0.15) is 0 Å². The van der Waals surface area contributed by atoms with Gasteiger partial charge in [0, 0.05) is 6.42 Å². The average Bonchev–Trinajstić information content (AvgIpc) is 2.46. The molecule has 0 aromatic rings. The summed E-state index contributed by atoms with van der Waals surface area (Å²) >= 11 is 0. The van der Waals surface area contributed by atoms with Crippen LogP contribution in [0.4, 0.5) is 0 Å². The average molecular weight is 361 g/mol. The van der Waals surface area contributed by atoms with E-state index >= 15 is 0 Å². The normalized spacial score (nSPS) is 14.2. The molecule has 0 aliphatic heterocycles. The van der Waals surface area contributed by atoms with E-state index in [1.165, 1.54) is 0 Å². The Morgan fingerprint density at radius 2 is 1.48 bits per heavy atom. The Bertz CT molecular complexity index is 534. The van der Waals surface area contributed by atoms with Gasteiger partial charge < -0.3 is 31.7 Å². The van der Waals surface area contributed by atoms with E-state index in [-0.39, 0.29) is 6.42 Å². The number of carboxylic acid groups (broad SMARTS) is 3. The van der Waals surface area contributed by atoms with E-state index in [9.17, 15) is 24.0 Å². The second-order valence-corrected chi connectivity index (χ2v) is 5.77. The smallest absolute Gasteiger partial charge is 0.326 e. The third-order valence-corrected chi connectivity index (χ3v) is 3.24. The minimum atomic E-state index is -1.44. The van der Waals surface area contributed by atoms with Gasteiger partial charge in [0.25, 0.3) is 0 Å². The maximum Gasteiger partial charge on any atom is 0.326 e. The monoisotopic (exact) mass is 361 g/mol. The van der Waals surface area contributed by atoms with E-state index in [4.69, 9.17) is 21.1 Å². The van der Waals surface area contributed by atoms with E-state index in [2.05, 4.69) is 10.6 Å². The summed E-state index contributed by atoms with van der Waals surface area (Å²) in [6.07, 6.45) is -1.41. The first-order valence-electron chi connectivity index (χ1n) is 7.48. The second kappa shape index (κ2) is 10.2. The van der Waals surface area contributed by atoms with Crippen molar-refractivity contribution in [3.8, 4) is 0 Å². The Balaban J connectivity index is 4.97. The van der Waals surface area contributed by atoms with Crippen molar-refractivity contribution in [3.05, 3.63) is 0 Å². The summed E-state index contributed by atoms with van der Waals surface area (Å²) in [6.45, 7) is 3.17. The second-order valence-electron chi connectivity index (χ2n) is 5.77. The summed E-state index contributed by atoms with van der Waals surface area (Å²) in [7, 11) is 0. The number of carbonyl (C=O) groups is 5. The van der Waals surface area contributed by atoms with Crippen LogP contribution < -0.4 is 16.4 Å². The Kier molecular flexibility index (Phi) is 9.13. The molecule has 7 N–H and O–H groups in total. The van der Waals surface area contributed by atoms with Crippen LogP contribution in [-0.4, -0.2) is 63.2 Å². The molecular weight excluding hydrogens is 338 g/mol. The van der Waals surface area contributed by atoms with Gasteiger partial charge in [-0.25, -0.2) is 4.79 Å². The third-order valence-electron chi connectivity index (χ3n) is 3.24. The molecule has 0 fully saturated rings. The molecule has 0 aromatic carbocycles. The molecule has 3 unspecified atom stereocenters. The van der Waals surface area contributed by atoms with Gasteiger partial charge in [-0.1, -0.05) is 13.8 Å². The number of hydrogen-bond acceptors (Lipinski definition) is 6. The number of carboxylic acids is 3. The Morgan fingerprint density at radius 1 is 0.920 bits per heavy atom. The number of carbonyl (C=O) groups excluding carboxylic acids is 2. The van der Waals surface area contributed by atoms with Crippen LogP contribution in [-0.2, 0) is 24.0 Å². The Morgan fingerprint density at radius 3 is 1.88 bits per heavy atom. The van der Waals surface area contributed by atoms with Crippen molar-refractivity contribution in [1.29, 1.82) is 0 Å². The fourth-order valence-electron chi connectivity index (χ4n) is 1.86. The summed E-state index contributed by atoms with van der Waals surface area (Å²) in [5.41, 5.74) is 5.41. The van der Waals surface area contributed by atoms with Crippen molar-refractivity contribution in [2.24, 2.45) is 11.7 Å². The van der Waals surface area contributed by atoms with Crippen LogP contribution in [0.25, 0.3) is 0 Å². The molecule has 0 radical (unpaired) electrons. The topological polar surface area (TPSA) is 196 Å². The molecule has 3 atom stereocenters. The molecular formula is C14H23N3O8. The van der Waals surface area contributed by atoms with Crippen molar-refractivity contribution in [2.75, 3.05) is 0 Å². The lowest BCUT2D eigenvalue weighted by Gasteiger charge is -2.25. The fraction of sp³-hybridized carbons (Fsp3) is 0.643. The molecule has 0 aliphatic rings. The zero-order chi connectivity index (χ0) is 19.7. The molecule has 25 heavy (non-hydrogen) atoms. The standard InChI is InChI=1S/C14H23N3O8/c1-6(2)11(17-12(22)7(15)5-10(20)21)13(23)16-8(14(24)25)3-4-9(18)19/h6-8,11H,3-5,15H2,1-2H3,(H,16,23)(H,17,22)(H,18,19)(H,20,21)(H,24,25). The number of amides is 2. The van der Waals surface area contributed by atoms with Crippen LogP contribution in [0.1, 0.15) is 33.1 Å². The highest BCUT2D eigenvalue weighted by Crippen LogP contribution is 2.06. The highest BCUT2D eigenvalue weighted by molar-refractivity contribution is 5.93. The van der Waals surface area contributed by atoms with E-state index < -0.39 is 66.6 Å². The SMILES string of the molecule is CC(C)C(NC(=O)C(N)CC(=O)O)C(=O)NC(CCC(=O)O)C(=O)O. The van der Waals surface area contributed by atoms with Gasteiger partial charge in [0.15, 0.2) is 0 Å². The van der Waals surface area contributed by atoms with Gasteiger partial charge in [-0.15, -0.1) is 0 Å². The highest BCUT2D eigenvalue weighted by atomic mass is 16.4. The van der Waals surface area contributed by atoms with E-state index in [0.29, 0.717) is 0 Å². The lowest BCUT2D eigenvalue weighted by atomic mass is 10.0. The lowest BCUT2D eigenvalue weighted by Crippen LogP contribution is -2.56.